The highest BCUT2D eigenvalue weighted by Crippen LogP contribution is 2.32. The molecule has 0 N–H and O–H groups in total. The van der Waals surface area contributed by atoms with Crippen molar-refractivity contribution >= 4 is 21.8 Å². The van der Waals surface area contributed by atoms with E-state index in [1.54, 1.807) is 8.61 Å². The Morgan fingerprint density at radius 3 is 2.28 bits per heavy atom. The largest absolute Gasteiger partial charge is 0.282 e. The summed E-state index contributed by atoms with van der Waals surface area (Å²) in [5.41, 5.74) is 0. The van der Waals surface area contributed by atoms with Crippen LogP contribution >= 0.6 is 11.6 Å². The van der Waals surface area contributed by atoms with Gasteiger partial charge >= 0.3 is 0 Å². The van der Waals surface area contributed by atoms with Gasteiger partial charge in [-0.1, -0.05) is 6.92 Å². The van der Waals surface area contributed by atoms with Gasteiger partial charge in [0.05, 0.1) is 0 Å². The van der Waals surface area contributed by atoms with E-state index in [9.17, 15) is 8.42 Å². The van der Waals surface area contributed by atoms with Gasteiger partial charge in [0.2, 0.25) is 0 Å². The lowest BCUT2D eigenvalue weighted by atomic mass is 10.0. The van der Waals surface area contributed by atoms with E-state index in [1.165, 1.54) is 0 Å². The van der Waals surface area contributed by atoms with Crippen molar-refractivity contribution in [1.29, 1.82) is 0 Å². The summed E-state index contributed by atoms with van der Waals surface area (Å²) in [6, 6.07) is 0.265. The number of nitrogens with zero attached hydrogens (tertiary/aromatic N) is 2. The number of piperidine rings is 1. The van der Waals surface area contributed by atoms with E-state index in [-0.39, 0.29) is 6.04 Å². The molecule has 6 heteroatoms. The molecule has 0 aromatic rings. The fourth-order valence-corrected chi connectivity index (χ4v) is 4.79. The summed E-state index contributed by atoms with van der Waals surface area (Å²) in [5, 5.41) is 0. The van der Waals surface area contributed by atoms with Gasteiger partial charge in [0, 0.05) is 31.6 Å². The van der Waals surface area contributed by atoms with Crippen LogP contribution in [-0.4, -0.2) is 48.6 Å². The van der Waals surface area contributed by atoms with Crippen molar-refractivity contribution in [3.8, 4) is 0 Å². The fourth-order valence-electron chi connectivity index (χ4n) is 2.51. The molecule has 0 atom stereocenters. The highest BCUT2D eigenvalue weighted by atomic mass is 35.5. The van der Waals surface area contributed by atoms with Crippen molar-refractivity contribution in [2.75, 3.05) is 25.5 Å². The molecule has 4 nitrogen and oxygen atoms in total. The highest BCUT2D eigenvalue weighted by Gasteiger charge is 2.40. The number of rotatable bonds is 6. The monoisotopic (exact) mass is 294 g/mol. The SMILES string of the molecule is CCCN(C1CC1)S(=O)(=O)N1CCC(CCl)CC1. The Kier molecular flexibility index (Phi) is 4.92. The maximum Gasteiger partial charge on any atom is 0.282 e. The van der Waals surface area contributed by atoms with Crippen LogP contribution in [0, 0.1) is 5.92 Å². The number of hydrogen-bond acceptors (Lipinski definition) is 2. The third kappa shape index (κ3) is 3.18. The van der Waals surface area contributed by atoms with Crippen LogP contribution in [0.3, 0.4) is 0 Å². The van der Waals surface area contributed by atoms with Crippen LogP contribution in [-0.2, 0) is 10.2 Å². The second kappa shape index (κ2) is 6.07. The van der Waals surface area contributed by atoms with Gasteiger partial charge in [0.25, 0.3) is 10.2 Å². The Hall–Kier alpha value is 0.160. The first-order chi connectivity index (χ1) is 8.59. The third-order valence-corrected chi connectivity index (χ3v) is 6.34. The maximum atomic E-state index is 12.6. The average molecular weight is 295 g/mol. The van der Waals surface area contributed by atoms with Gasteiger partial charge < -0.3 is 0 Å². The van der Waals surface area contributed by atoms with Gasteiger partial charge in [0.15, 0.2) is 0 Å². The molecule has 1 saturated carbocycles. The molecule has 2 fully saturated rings. The van der Waals surface area contributed by atoms with Gasteiger partial charge in [-0.25, -0.2) is 0 Å². The molecule has 0 aromatic heterocycles. The van der Waals surface area contributed by atoms with Gasteiger partial charge in [-0.2, -0.15) is 17.0 Å². The van der Waals surface area contributed by atoms with Crippen LogP contribution in [0.1, 0.15) is 39.0 Å². The summed E-state index contributed by atoms with van der Waals surface area (Å²) in [4.78, 5) is 0. The molecular weight excluding hydrogens is 272 g/mol. The Morgan fingerprint density at radius 1 is 1.22 bits per heavy atom. The Balaban J connectivity index is 2.01. The molecule has 0 bridgehead atoms. The maximum absolute atomic E-state index is 12.6. The first kappa shape index (κ1) is 14.6. The summed E-state index contributed by atoms with van der Waals surface area (Å²) in [5.74, 6) is 1.13. The first-order valence-corrected chi connectivity index (χ1v) is 8.85. The smallest absolute Gasteiger partial charge is 0.195 e. The van der Waals surface area contributed by atoms with Crippen molar-refractivity contribution in [2.24, 2.45) is 5.92 Å². The van der Waals surface area contributed by atoms with E-state index >= 15 is 0 Å². The van der Waals surface area contributed by atoms with Gasteiger partial charge in [-0.15, -0.1) is 11.6 Å². The van der Waals surface area contributed by atoms with Gasteiger partial charge in [-0.3, -0.25) is 0 Å². The number of alkyl halides is 1. The molecule has 0 amide bonds. The zero-order valence-electron chi connectivity index (χ0n) is 11.0. The van der Waals surface area contributed by atoms with Crippen molar-refractivity contribution < 1.29 is 8.42 Å². The quantitative estimate of drug-likeness (QED) is 0.704. The lowest BCUT2D eigenvalue weighted by molar-refractivity contribution is 0.263. The molecule has 1 aliphatic heterocycles. The van der Waals surface area contributed by atoms with Crippen molar-refractivity contribution in [3.05, 3.63) is 0 Å². The average Bonchev–Trinajstić information content (AvgIpc) is 3.20. The second-order valence-corrected chi connectivity index (χ2v) is 7.54. The molecule has 1 saturated heterocycles. The van der Waals surface area contributed by atoms with Crippen molar-refractivity contribution in [1.82, 2.24) is 8.61 Å². The minimum atomic E-state index is -3.23. The van der Waals surface area contributed by atoms with E-state index in [0.29, 0.717) is 31.4 Å². The fraction of sp³-hybridized carbons (Fsp3) is 1.00. The van der Waals surface area contributed by atoms with E-state index in [2.05, 4.69) is 0 Å². The molecule has 0 radical (unpaired) electrons. The van der Waals surface area contributed by atoms with Gasteiger partial charge in [0.1, 0.15) is 0 Å². The minimum absolute atomic E-state index is 0.265. The van der Waals surface area contributed by atoms with E-state index in [0.717, 1.165) is 32.1 Å². The Labute approximate surface area is 115 Å². The molecule has 2 aliphatic rings. The van der Waals surface area contributed by atoms with Crippen LogP contribution in [0.25, 0.3) is 0 Å². The summed E-state index contributed by atoms with van der Waals surface area (Å²) in [6.07, 6.45) is 4.73. The molecule has 0 aromatic carbocycles. The van der Waals surface area contributed by atoms with E-state index in [4.69, 9.17) is 11.6 Å². The van der Waals surface area contributed by atoms with E-state index in [1.807, 2.05) is 6.92 Å². The summed E-state index contributed by atoms with van der Waals surface area (Å²) < 4.78 is 28.5. The van der Waals surface area contributed by atoms with Crippen LogP contribution in [0.5, 0.6) is 0 Å². The predicted molar refractivity (Wildman–Crippen MR) is 74.0 cm³/mol. The normalized spacial score (nSPS) is 23.7. The highest BCUT2D eigenvalue weighted by molar-refractivity contribution is 7.86. The Bertz CT molecular complexity index is 362. The predicted octanol–water partition coefficient (Wildman–Crippen LogP) is 2.06. The molecule has 1 heterocycles. The van der Waals surface area contributed by atoms with Crippen LogP contribution in [0.4, 0.5) is 0 Å². The summed E-state index contributed by atoms with van der Waals surface area (Å²) in [6.45, 7) is 3.95. The second-order valence-electron chi connectivity index (χ2n) is 5.35. The number of halogens is 1. The van der Waals surface area contributed by atoms with Crippen LogP contribution in [0.15, 0.2) is 0 Å². The molecular formula is C12H23ClN2O2S. The molecule has 2 rings (SSSR count). The standard InChI is InChI=1S/C12H23ClN2O2S/c1-2-7-15(12-3-4-12)18(16,17)14-8-5-11(10-13)6-9-14/h11-12H,2-10H2,1H3. The number of hydrogen-bond donors (Lipinski definition) is 0. The summed E-state index contributed by atoms with van der Waals surface area (Å²) in [7, 11) is -3.23. The Morgan fingerprint density at radius 2 is 1.83 bits per heavy atom. The third-order valence-electron chi connectivity index (χ3n) is 3.81. The van der Waals surface area contributed by atoms with Crippen LogP contribution in [0.2, 0.25) is 0 Å². The zero-order chi connectivity index (χ0) is 13.2. The van der Waals surface area contributed by atoms with Crippen molar-refractivity contribution in [3.63, 3.8) is 0 Å². The van der Waals surface area contributed by atoms with Crippen LogP contribution < -0.4 is 0 Å². The molecule has 106 valence electrons. The molecule has 1 aliphatic carbocycles. The minimum Gasteiger partial charge on any atom is -0.195 e. The lowest BCUT2D eigenvalue weighted by Crippen LogP contribution is -2.48. The topological polar surface area (TPSA) is 40.6 Å². The lowest BCUT2D eigenvalue weighted by Gasteiger charge is -2.34. The summed E-state index contributed by atoms with van der Waals surface area (Å²) >= 11 is 5.84. The van der Waals surface area contributed by atoms with E-state index < -0.39 is 10.2 Å². The van der Waals surface area contributed by atoms with Gasteiger partial charge in [-0.05, 0) is 38.0 Å². The molecule has 18 heavy (non-hydrogen) atoms. The molecule has 0 unspecified atom stereocenters. The zero-order valence-corrected chi connectivity index (χ0v) is 12.6. The first-order valence-electron chi connectivity index (χ1n) is 6.92. The van der Waals surface area contributed by atoms with Crippen molar-refractivity contribution in [2.45, 2.75) is 45.1 Å². The molecule has 0 spiro atoms.